The van der Waals surface area contributed by atoms with E-state index in [1.807, 2.05) is 31.2 Å². The van der Waals surface area contributed by atoms with Crippen LogP contribution in [0.1, 0.15) is 11.1 Å². The van der Waals surface area contributed by atoms with Gasteiger partial charge in [-0.15, -0.1) is 0 Å². The average Bonchev–Trinajstić information content (AvgIpc) is 2.74. The molecule has 0 bridgehead atoms. The molecule has 1 heterocycles. The number of hydrogen-bond donors (Lipinski definition) is 1. The predicted octanol–water partition coefficient (Wildman–Crippen LogP) is 2.93. The molecule has 0 aliphatic heterocycles. The highest BCUT2D eigenvalue weighted by molar-refractivity contribution is 5.81. The van der Waals surface area contributed by atoms with Crippen molar-refractivity contribution in [1.29, 1.82) is 5.26 Å². The van der Waals surface area contributed by atoms with Gasteiger partial charge in [-0.2, -0.15) is 5.26 Å². The molecule has 0 atom stereocenters. The van der Waals surface area contributed by atoms with Crippen LogP contribution in [0.2, 0.25) is 0 Å². The highest BCUT2D eigenvalue weighted by atomic mass is 19.1. The Hall–Kier alpha value is -2.87. The van der Waals surface area contributed by atoms with Gasteiger partial charge in [0.1, 0.15) is 5.82 Å². The predicted molar refractivity (Wildman–Crippen MR) is 74.9 cm³/mol. The molecule has 98 valence electrons. The van der Waals surface area contributed by atoms with Crippen molar-refractivity contribution in [2.24, 2.45) is 0 Å². The minimum absolute atomic E-state index is 0.217. The third-order valence-electron chi connectivity index (χ3n) is 3.15. The first-order valence-corrected chi connectivity index (χ1v) is 6.05. The summed E-state index contributed by atoms with van der Waals surface area (Å²) in [4.78, 5) is 4.22. The van der Waals surface area contributed by atoms with Crippen LogP contribution in [0.4, 0.5) is 10.3 Å². The van der Waals surface area contributed by atoms with Crippen molar-refractivity contribution in [2.45, 2.75) is 6.92 Å². The molecule has 1 aromatic heterocycles. The fourth-order valence-electron chi connectivity index (χ4n) is 2.21. The normalized spacial score (nSPS) is 10.7. The van der Waals surface area contributed by atoms with Gasteiger partial charge in [-0.25, -0.2) is 9.37 Å². The third-order valence-corrected chi connectivity index (χ3v) is 3.15. The van der Waals surface area contributed by atoms with E-state index < -0.39 is 5.82 Å². The third kappa shape index (κ3) is 1.79. The Morgan fingerprint density at radius 1 is 1.25 bits per heavy atom. The molecule has 0 unspecified atom stereocenters. The number of nitriles is 1. The van der Waals surface area contributed by atoms with Gasteiger partial charge in [0, 0.05) is 0 Å². The van der Waals surface area contributed by atoms with Crippen LogP contribution in [-0.4, -0.2) is 9.55 Å². The van der Waals surface area contributed by atoms with Gasteiger partial charge in [-0.1, -0.05) is 6.07 Å². The molecule has 3 rings (SSSR count). The lowest BCUT2D eigenvalue weighted by molar-refractivity contribution is 0.619. The molecular formula is C15H11FN4. The summed E-state index contributed by atoms with van der Waals surface area (Å²) in [5, 5.41) is 8.79. The first-order chi connectivity index (χ1) is 9.60. The van der Waals surface area contributed by atoms with E-state index in [9.17, 15) is 4.39 Å². The summed E-state index contributed by atoms with van der Waals surface area (Å²) in [6.45, 7) is 1.95. The van der Waals surface area contributed by atoms with Crippen LogP contribution in [0.15, 0.2) is 36.4 Å². The van der Waals surface area contributed by atoms with Crippen LogP contribution < -0.4 is 5.73 Å². The molecule has 4 nitrogen and oxygen atoms in total. The summed E-state index contributed by atoms with van der Waals surface area (Å²) in [6.07, 6.45) is 0. The van der Waals surface area contributed by atoms with Gasteiger partial charge < -0.3 is 5.73 Å². The molecule has 0 aliphatic rings. The monoisotopic (exact) mass is 266 g/mol. The molecule has 20 heavy (non-hydrogen) atoms. The lowest BCUT2D eigenvalue weighted by atomic mass is 10.2. The summed E-state index contributed by atoms with van der Waals surface area (Å²) in [7, 11) is 0. The molecular weight excluding hydrogens is 255 g/mol. The van der Waals surface area contributed by atoms with Crippen LogP contribution in [-0.2, 0) is 0 Å². The van der Waals surface area contributed by atoms with Crippen LogP contribution in [0.5, 0.6) is 0 Å². The van der Waals surface area contributed by atoms with Crippen molar-refractivity contribution in [3.63, 3.8) is 0 Å². The number of aromatic nitrogens is 2. The summed E-state index contributed by atoms with van der Waals surface area (Å²) in [6, 6.07) is 11.9. The summed E-state index contributed by atoms with van der Waals surface area (Å²) in [5.41, 5.74) is 8.93. The SMILES string of the molecule is Cc1ccc2nc(N)n(-c3ccc(C#N)cc3F)c2c1. The molecule has 0 aliphatic carbocycles. The molecule has 0 spiro atoms. The number of fused-ring (bicyclic) bond motifs is 1. The van der Waals surface area contributed by atoms with Crippen LogP contribution in [0.25, 0.3) is 16.7 Å². The number of aryl methyl sites for hydroxylation is 1. The van der Waals surface area contributed by atoms with Crippen LogP contribution in [0.3, 0.4) is 0 Å². The Labute approximate surface area is 114 Å². The molecule has 0 radical (unpaired) electrons. The zero-order valence-corrected chi connectivity index (χ0v) is 10.8. The van der Waals surface area contributed by atoms with E-state index in [0.29, 0.717) is 5.52 Å². The summed E-state index contributed by atoms with van der Waals surface area (Å²) < 4.78 is 15.7. The van der Waals surface area contributed by atoms with Crippen molar-refractivity contribution < 1.29 is 4.39 Å². The van der Waals surface area contributed by atoms with Gasteiger partial charge in [0.15, 0.2) is 0 Å². The molecule has 2 aromatic carbocycles. The molecule has 0 fully saturated rings. The van der Waals surface area contributed by atoms with Gasteiger partial charge in [0.2, 0.25) is 5.95 Å². The zero-order valence-electron chi connectivity index (χ0n) is 10.8. The Morgan fingerprint density at radius 3 is 2.75 bits per heavy atom. The number of hydrogen-bond acceptors (Lipinski definition) is 3. The molecule has 3 aromatic rings. The van der Waals surface area contributed by atoms with Gasteiger partial charge >= 0.3 is 0 Å². The number of imidazole rings is 1. The minimum Gasteiger partial charge on any atom is -0.369 e. The second-order valence-electron chi connectivity index (χ2n) is 4.58. The van der Waals surface area contributed by atoms with E-state index in [1.165, 1.54) is 12.1 Å². The second kappa shape index (κ2) is 4.35. The fourth-order valence-corrected chi connectivity index (χ4v) is 2.21. The fraction of sp³-hybridized carbons (Fsp3) is 0.0667. The van der Waals surface area contributed by atoms with Crippen molar-refractivity contribution in [2.75, 3.05) is 5.73 Å². The topological polar surface area (TPSA) is 67.6 Å². The van der Waals surface area contributed by atoms with E-state index in [4.69, 9.17) is 11.0 Å². The Morgan fingerprint density at radius 2 is 2.05 bits per heavy atom. The number of anilines is 1. The van der Waals surface area contributed by atoms with Gasteiger partial charge in [0.25, 0.3) is 0 Å². The summed E-state index contributed by atoms with van der Waals surface area (Å²) >= 11 is 0. The quantitative estimate of drug-likeness (QED) is 0.736. The van der Waals surface area contributed by atoms with Crippen molar-refractivity contribution in [1.82, 2.24) is 9.55 Å². The average molecular weight is 266 g/mol. The number of nitrogen functional groups attached to an aromatic ring is 1. The Kier molecular flexibility index (Phi) is 2.65. The number of rotatable bonds is 1. The Balaban J connectivity index is 2.32. The zero-order chi connectivity index (χ0) is 14.3. The lowest BCUT2D eigenvalue weighted by Crippen LogP contribution is -2.03. The largest absolute Gasteiger partial charge is 0.369 e. The first kappa shape index (κ1) is 12.2. The highest BCUT2D eigenvalue weighted by Crippen LogP contribution is 2.26. The summed E-state index contributed by atoms with van der Waals surface area (Å²) in [5.74, 6) is -0.286. The van der Waals surface area contributed by atoms with E-state index in [0.717, 1.165) is 11.1 Å². The lowest BCUT2D eigenvalue weighted by Gasteiger charge is -2.08. The number of benzene rings is 2. The van der Waals surface area contributed by atoms with Gasteiger partial charge in [0.05, 0.1) is 28.4 Å². The van der Waals surface area contributed by atoms with Gasteiger partial charge in [-0.05, 0) is 42.8 Å². The van der Waals surface area contributed by atoms with Crippen molar-refractivity contribution in [3.05, 3.63) is 53.3 Å². The van der Waals surface area contributed by atoms with Crippen molar-refractivity contribution in [3.8, 4) is 11.8 Å². The number of halogens is 1. The Bertz CT molecular complexity index is 858. The standard InChI is InChI=1S/C15H11FN4/c1-9-2-4-12-14(6-9)20(15(18)19-12)13-5-3-10(8-17)7-11(13)16/h2-7H,1H3,(H2,18,19). The maximum absolute atomic E-state index is 14.2. The highest BCUT2D eigenvalue weighted by Gasteiger charge is 2.14. The molecule has 0 saturated carbocycles. The molecule has 2 N–H and O–H groups in total. The van der Waals surface area contributed by atoms with E-state index in [1.54, 1.807) is 10.6 Å². The van der Waals surface area contributed by atoms with Gasteiger partial charge in [-0.3, -0.25) is 4.57 Å². The maximum atomic E-state index is 14.2. The second-order valence-corrected chi connectivity index (χ2v) is 4.58. The molecule has 5 heteroatoms. The number of nitrogens with two attached hydrogens (primary N) is 1. The van der Waals surface area contributed by atoms with E-state index in [2.05, 4.69) is 4.98 Å². The molecule has 0 saturated heterocycles. The van der Waals surface area contributed by atoms with Crippen LogP contribution >= 0.6 is 0 Å². The van der Waals surface area contributed by atoms with Crippen LogP contribution in [0, 0.1) is 24.1 Å². The maximum Gasteiger partial charge on any atom is 0.206 e. The minimum atomic E-state index is -0.503. The number of nitrogens with zero attached hydrogens (tertiary/aromatic N) is 3. The van der Waals surface area contributed by atoms with E-state index in [-0.39, 0.29) is 17.2 Å². The van der Waals surface area contributed by atoms with E-state index >= 15 is 0 Å². The first-order valence-electron chi connectivity index (χ1n) is 6.05. The van der Waals surface area contributed by atoms with Crippen molar-refractivity contribution >= 4 is 17.0 Å². The molecule has 0 amide bonds. The smallest absolute Gasteiger partial charge is 0.206 e.